The second-order valence-electron chi connectivity index (χ2n) is 3.81. The van der Waals surface area contributed by atoms with Crippen LogP contribution < -0.4 is 0 Å². The molecule has 4 nitrogen and oxygen atoms in total. The Morgan fingerprint density at radius 3 is 3.00 bits per heavy atom. The van der Waals surface area contributed by atoms with Crippen LogP contribution in [0.2, 0.25) is 0 Å². The van der Waals surface area contributed by atoms with E-state index in [2.05, 4.69) is 9.97 Å². The number of ether oxygens (including phenoxy) is 1. The van der Waals surface area contributed by atoms with Crippen molar-refractivity contribution in [2.24, 2.45) is 0 Å². The fraction of sp³-hybridized carbons (Fsp3) is 0.308. The predicted octanol–water partition coefficient (Wildman–Crippen LogP) is 3.08. The van der Waals surface area contributed by atoms with E-state index in [0.29, 0.717) is 17.2 Å². The number of esters is 1. The van der Waals surface area contributed by atoms with Crippen LogP contribution in [0.1, 0.15) is 28.7 Å². The van der Waals surface area contributed by atoms with Crippen LogP contribution in [0.5, 0.6) is 0 Å². The predicted molar refractivity (Wildman–Crippen MR) is 70.7 cm³/mol. The maximum absolute atomic E-state index is 11.8. The topological polar surface area (TPSA) is 52.1 Å². The van der Waals surface area contributed by atoms with Gasteiger partial charge < -0.3 is 4.74 Å². The van der Waals surface area contributed by atoms with Gasteiger partial charge in [0.05, 0.1) is 12.3 Å². The normalized spacial score (nSPS) is 10.3. The highest BCUT2D eigenvalue weighted by atomic mass is 32.1. The molecule has 0 fully saturated rings. The van der Waals surface area contributed by atoms with Crippen molar-refractivity contribution in [3.63, 3.8) is 0 Å². The highest BCUT2D eigenvalue weighted by molar-refractivity contribution is 7.17. The molecule has 0 aromatic carbocycles. The Kier molecular flexibility index (Phi) is 4.04. The summed E-state index contributed by atoms with van der Waals surface area (Å²) in [7, 11) is 0. The van der Waals surface area contributed by atoms with Gasteiger partial charge in [0, 0.05) is 18.0 Å². The van der Waals surface area contributed by atoms with E-state index in [9.17, 15) is 4.79 Å². The maximum atomic E-state index is 11.8. The molecule has 2 rings (SSSR count). The van der Waals surface area contributed by atoms with Crippen LogP contribution in [0.4, 0.5) is 0 Å². The van der Waals surface area contributed by atoms with Crippen molar-refractivity contribution < 1.29 is 9.53 Å². The number of carbonyl (C=O) groups excluding carboxylic acids is 1. The molecule has 0 N–H and O–H groups in total. The van der Waals surface area contributed by atoms with Gasteiger partial charge in [0.1, 0.15) is 9.88 Å². The molecule has 0 saturated heterocycles. The minimum absolute atomic E-state index is 0.290. The maximum Gasteiger partial charge on any atom is 0.350 e. The van der Waals surface area contributed by atoms with Gasteiger partial charge in [-0.15, -0.1) is 11.3 Å². The molecule has 0 amide bonds. The molecule has 0 atom stereocenters. The van der Waals surface area contributed by atoms with Gasteiger partial charge in [0.2, 0.25) is 0 Å². The van der Waals surface area contributed by atoms with Gasteiger partial charge in [-0.05, 0) is 25.5 Å². The molecule has 0 aliphatic rings. The summed E-state index contributed by atoms with van der Waals surface area (Å²) in [6.45, 7) is 4.23. The summed E-state index contributed by atoms with van der Waals surface area (Å²) in [6.07, 6.45) is 4.26. The number of pyridine rings is 1. The van der Waals surface area contributed by atoms with Crippen molar-refractivity contribution in [3.05, 3.63) is 35.1 Å². The molecule has 2 aromatic rings. The third kappa shape index (κ3) is 2.73. The molecule has 0 aliphatic carbocycles. The molecule has 0 bridgehead atoms. The summed E-state index contributed by atoms with van der Waals surface area (Å²) in [5.74, 6) is -0.290. The van der Waals surface area contributed by atoms with Gasteiger partial charge in [-0.1, -0.05) is 6.92 Å². The Morgan fingerprint density at radius 1 is 1.50 bits per heavy atom. The smallest absolute Gasteiger partial charge is 0.350 e. The van der Waals surface area contributed by atoms with Crippen molar-refractivity contribution >= 4 is 17.3 Å². The number of carbonyl (C=O) groups is 1. The van der Waals surface area contributed by atoms with Crippen LogP contribution >= 0.6 is 11.3 Å². The summed E-state index contributed by atoms with van der Waals surface area (Å²) in [5, 5.41) is 0.795. The SMILES string of the molecule is CCCOC(=O)c1sc(-c2cccnc2)nc1C. The van der Waals surface area contributed by atoms with Gasteiger partial charge in [-0.25, -0.2) is 9.78 Å². The molecule has 0 saturated carbocycles. The van der Waals surface area contributed by atoms with E-state index in [0.717, 1.165) is 17.0 Å². The van der Waals surface area contributed by atoms with E-state index in [1.54, 1.807) is 12.4 Å². The van der Waals surface area contributed by atoms with Crippen LogP contribution in [-0.2, 0) is 4.74 Å². The Balaban J connectivity index is 2.25. The summed E-state index contributed by atoms with van der Waals surface area (Å²) < 4.78 is 5.12. The standard InChI is InChI=1S/C13H14N2O2S/c1-3-7-17-13(16)11-9(2)15-12(18-11)10-5-4-6-14-8-10/h4-6,8H,3,7H2,1-2H3. The third-order valence-corrected chi connectivity index (χ3v) is 3.51. The Hall–Kier alpha value is -1.75. The van der Waals surface area contributed by atoms with E-state index >= 15 is 0 Å². The van der Waals surface area contributed by atoms with Crippen LogP contribution in [0.15, 0.2) is 24.5 Å². The quantitative estimate of drug-likeness (QED) is 0.794. The lowest BCUT2D eigenvalue weighted by molar-refractivity contribution is 0.0510. The summed E-state index contributed by atoms with van der Waals surface area (Å²) in [6, 6.07) is 3.77. The lowest BCUT2D eigenvalue weighted by atomic mass is 10.3. The molecule has 94 valence electrons. The monoisotopic (exact) mass is 262 g/mol. The molecule has 0 aliphatic heterocycles. The summed E-state index contributed by atoms with van der Waals surface area (Å²) in [4.78, 5) is 20.8. The van der Waals surface area contributed by atoms with Crippen LogP contribution in [0.3, 0.4) is 0 Å². The van der Waals surface area contributed by atoms with Crippen molar-refractivity contribution in [2.75, 3.05) is 6.61 Å². The largest absolute Gasteiger partial charge is 0.461 e. The Bertz CT molecular complexity index is 537. The summed E-state index contributed by atoms with van der Waals surface area (Å²) >= 11 is 1.35. The molecule has 0 unspecified atom stereocenters. The van der Waals surface area contributed by atoms with Crippen molar-refractivity contribution in [3.8, 4) is 10.6 Å². The molecule has 2 heterocycles. The number of nitrogens with zero attached hydrogens (tertiary/aromatic N) is 2. The zero-order chi connectivity index (χ0) is 13.0. The van der Waals surface area contributed by atoms with E-state index in [1.165, 1.54) is 11.3 Å². The van der Waals surface area contributed by atoms with Gasteiger partial charge in [-0.3, -0.25) is 4.98 Å². The zero-order valence-corrected chi connectivity index (χ0v) is 11.2. The first-order valence-corrected chi connectivity index (χ1v) is 6.59. The third-order valence-electron chi connectivity index (χ3n) is 2.33. The first kappa shape index (κ1) is 12.7. The molecule has 5 heteroatoms. The average Bonchev–Trinajstić information content (AvgIpc) is 2.79. The van der Waals surface area contributed by atoms with Gasteiger partial charge in [0.25, 0.3) is 0 Å². The molecule has 0 radical (unpaired) electrons. The molecular formula is C13H14N2O2S. The molecular weight excluding hydrogens is 248 g/mol. The second kappa shape index (κ2) is 5.73. The zero-order valence-electron chi connectivity index (χ0n) is 10.3. The van der Waals surface area contributed by atoms with Crippen LogP contribution in [0.25, 0.3) is 10.6 Å². The second-order valence-corrected chi connectivity index (χ2v) is 4.81. The number of hydrogen-bond acceptors (Lipinski definition) is 5. The van der Waals surface area contributed by atoms with E-state index < -0.39 is 0 Å². The lowest BCUT2D eigenvalue weighted by Gasteiger charge is -1.99. The molecule has 18 heavy (non-hydrogen) atoms. The lowest BCUT2D eigenvalue weighted by Crippen LogP contribution is -2.05. The number of aryl methyl sites for hydroxylation is 1. The highest BCUT2D eigenvalue weighted by Gasteiger charge is 2.17. The fourth-order valence-corrected chi connectivity index (χ4v) is 2.41. The Morgan fingerprint density at radius 2 is 2.33 bits per heavy atom. The number of thiazole rings is 1. The van der Waals surface area contributed by atoms with Gasteiger partial charge >= 0.3 is 5.97 Å². The number of aromatic nitrogens is 2. The minimum Gasteiger partial charge on any atom is -0.461 e. The molecule has 0 spiro atoms. The minimum atomic E-state index is -0.290. The van der Waals surface area contributed by atoms with Crippen LogP contribution in [-0.4, -0.2) is 22.5 Å². The van der Waals surface area contributed by atoms with Crippen LogP contribution in [0, 0.1) is 6.92 Å². The van der Waals surface area contributed by atoms with Crippen molar-refractivity contribution in [1.29, 1.82) is 0 Å². The average molecular weight is 262 g/mol. The first-order valence-electron chi connectivity index (χ1n) is 5.77. The molecule has 2 aromatic heterocycles. The first-order chi connectivity index (χ1) is 8.72. The number of rotatable bonds is 4. The number of hydrogen-bond donors (Lipinski definition) is 0. The van der Waals surface area contributed by atoms with E-state index in [4.69, 9.17) is 4.74 Å². The van der Waals surface area contributed by atoms with Gasteiger partial charge in [-0.2, -0.15) is 0 Å². The Labute approximate surface area is 110 Å². The van der Waals surface area contributed by atoms with Crippen molar-refractivity contribution in [2.45, 2.75) is 20.3 Å². The van der Waals surface area contributed by atoms with E-state index in [1.807, 2.05) is 26.0 Å². The van der Waals surface area contributed by atoms with Gasteiger partial charge in [0.15, 0.2) is 0 Å². The van der Waals surface area contributed by atoms with E-state index in [-0.39, 0.29) is 5.97 Å². The highest BCUT2D eigenvalue weighted by Crippen LogP contribution is 2.27. The van der Waals surface area contributed by atoms with Crippen molar-refractivity contribution in [1.82, 2.24) is 9.97 Å². The fourth-order valence-electron chi connectivity index (χ4n) is 1.46. The summed E-state index contributed by atoms with van der Waals surface area (Å²) in [5.41, 5.74) is 1.63.